The predicted octanol–water partition coefficient (Wildman–Crippen LogP) is 4.97. The number of ketones is 1. The van der Waals surface area contributed by atoms with Crippen molar-refractivity contribution < 1.29 is 53.7 Å². The van der Waals surface area contributed by atoms with Crippen LogP contribution in [0.15, 0.2) is 85.9 Å². The van der Waals surface area contributed by atoms with E-state index in [0.29, 0.717) is 11.7 Å². The summed E-state index contributed by atoms with van der Waals surface area (Å²) in [5.41, 5.74) is 0.257. The number of carbonyl (C=O) groups is 2. The Hall–Kier alpha value is -5.26. The van der Waals surface area contributed by atoms with E-state index in [9.17, 15) is 39.9 Å². The molecule has 2 fully saturated rings. The van der Waals surface area contributed by atoms with E-state index in [2.05, 4.69) is 15.1 Å². The topological polar surface area (TPSA) is 225 Å². The summed E-state index contributed by atoms with van der Waals surface area (Å²) in [5.74, 6) is -9.31. The summed E-state index contributed by atoms with van der Waals surface area (Å²) in [6.45, 7) is 15.0. The molecular weight excluding hydrogens is 837 g/mol. The lowest BCUT2D eigenvalue weighted by molar-refractivity contribution is -0.146. The van der Waals surface area contributed by atoms with Gasteiger partial charge in [0.2, 0.25) is 5.43 Å². The molecule has 65 heavy (non-hydrogen) atoms. The second-order valence-electron chi connectivity index (χ2n) is 19.0. The van der Waals surface area contributed by atoms with Crippen LogP contribution in [0, 0.1) is 29.6 Å². The molecule has 8 aliphatic rings. The summed E-state index contributed by atoms with van der Waals surface area (Å²) >= 11 is 0. The number of methoxy groups -OCH3 is 1. The van der Waals surface area contributed by atoms with Gasteiger partial charge in [0.05, 0.1) is 53.8 Å². The Labute approximate surface area is 378 Å². The fraction of sp³-hybridized carbons (Fsp3) is 0.551. The highest BCUT2D eigenvalue weighted by Gasteiger charge is 2.58. The highest BCUT2D eigenvalue weighted by Crippen LogP contribution is 2.56. The third-order valence-corrected chi connectivity index (χ3v) is 14.7. The van der Waals surface area contributed by atoms with Gasteiger partial charge in [0, 0.05) is 85.8 Å². The number of likely N-dealkylation sites (tertiary alicyclic amines) is 1. The number of rotatable bonds is 3. The van der Waals surface area contributed by atoms with Gasteiger partial charge in [0.25, 0.3) is 5.91 Å². The standard InChI is InChI=1S/C49H62N4O12/c1-23-13-12-14-24(2)48(61)51-39-44(59)35-34(38-46(39)64-33-20-29(19-31(54)37(33)50-38)53-21-30(22-53)52-16-10-9-11-17-52)36-45(28(6)43(35)58)65-49(7,47(36)60)63-18-15-32(62-8)25(3)41(56)27(5)42(57)26(4)40(23)55/h12-15,18-20,23,25-27,30,32,34-35,40-42,55-57,59-60H,9-11,16-17,21-22H2,1-8H3,(H,51,61)/b13-12+,18-15+,24-14-/t23-,25+,26+,27-,32-,34?,35?,40-,41+,42+,49-/m0/s1. The van der Waals surface area contributed by atoms with Crippen LogP contribution in [0.5, 0.6) is 0 Å². The number of aliphatic hydroxyl groups excluding tert-OH is 5. The van der Waals surface area contributed by atoms with Gasteiger partial charge in [0.15, 0.2) is 28.8 Å². The van der Waals surface area contributed by atoms with Gasteiger partial charge in [-0.2, -0.15) is 0 Å². The molecule has 5 aliphatic heterocycles. The average Bonchev–Trinajstić information content (AvgIpc) is 3.54. The molecule has 8 rings (SSSR count). The van der Waals surface area contributed by atoms with Crippen LogP contribution in [0.3, 0.4) is 0 Å². The molecular formula is C49H62N4O12. The monoisotopic (exact) mass is 898 g/mol. The van der Waals surface area contributed by atoms with Crippen molar-refractivity contribution in [3.05, 3.63) is 98.4 Å². The minimum atomic E-state index is -1.92. The van der Waals surface area contributed by atoms with Crippen molar-refractivity contribution >= 4 is 23.1 Å². The van der Waals surface area contributed by atoms with Gasteiger partial charge in [-0.3, -0.25) is 19.3 Å². The van der Waals surface area contributed by atoms with E-state index in [1.807, 2.05) is 0 Å². The van der Waals surface area contributed by atoms with Crippen LogP contribution < -0.4 is 15.6 Å². The molecule has 0 aromatic carbocycles. The molecule has 0 radical (unpaired) electrons. The van der Waals surface area contributed by atoms with Crippen molar-refractivity contribution in [3.8, 4) is 11.5 Å². The second kappa shape index (κ2) is 17.9. The van der Waals surface area contributed by atoms with E-state index in [4.69, 9.17) is 23.6 Å². The molecule has 16 heteroatoms. The lowest BCUT2D eigenvalue weighted by Crippen LogP contribution is -2.60. The summed E-state index contributed by atoms with van der Waals surface area (Å²) in [7, 11) is 1.45. The Bertz CT molecular complexity index is 2440. The number of fused-ring (bicyclic) bond motifs is 2. The maximum atomic E-state index is 14.5. The number of anilines is 1. The third kappa shape index (κ3) is 8.11. The van der Waals surface area contributed by atoms with E-state index in [-0.39, 0.29) is 51.1 Å². The first-order valence-electron chi connectivity index (χ1n) is 22.7. The molecule has 0 aromatic rings. The molecule has 5 heterocycles. The molecule has 16 nitrogen and oxygen atoms in total. The lowest BCUT2D eigenvalue weighted by Gasteiger charge is -2.47. The van der Waals surface area contributed by atoms with Gasteiger partial charge in [-0.05, 0) is 45.9 Å². The Balaban J connectivity index is 1.25. The van der Waals surface area contributed by atoms with Crippen molar-refractivity contribution in [1.29, 1.82) is 0 Å². The number of hydrogen-bond acceptors (Lipinski definition) is 15. The SMILES string of the molecule is CO[C@H]1/C=C/O[C@@]2(C)OC3=C(C)C(=O)C4C(O)=C(NC(=O)/C(C)=C\C=C\[C@H](C)[C@H](O)[C@@H](C)[C@@H](O)[C@@H](C)[C@H](O)[C@@H]1C)c1oc5cc(N6CC(N7CCCCC7)C6)cc(=O)c-5nc1C4C3=C2O. The maximum Gasteiger partial charge on any atom is 0.306 e. The Kier molecular flexibility index (Phi) is 12.7. The number of aromatic nitrogens is 1. The molecule has 4 bridgehead atoms. The van der Waals surface area contributed by atoms with Crippen molar-refractivity contribution in [2.45, 2.75) is 110 Å². The van der Waals surface area contributed by atoms with Crippen molar-refractivity contribution in [2.24, 2.45) is 29.6 Å². The van der Waals surface area contributed by atoms with E-state index in [0.717, 1.165) is 26.2 Å². The maximum absolute atomic E-state index is 14.5. The fourth-order valence-electron chi connectivity index (χ4n) is 10.3. The largest absolute Gasteiger partial charge is 0.509 e. The van der Waals surface area contributed by atoms with Crippen LogP contribution in [0.25, 0.3) is 17.2 Å². The Morgan fingerprint density at radius 1 is 0.892 bits per heavy atom. The second-order valence-corrected chi connectivity index (χ2v) is 19.0. The molecule has 1 amide bonds. The molecule has 350 valence electrons. The van der Waals surface area contributed by atoms with E-state index >= 15 is 0 Å². The van der Waals surface area contributed by atoms with E-state index in [1.54, 1.807) is 52.8 Å². The van der Waals surface area contributed by atoms with Crippen LogP contribution in [-0.4, -0.2) is 117 Å². The molecule has 2 saturated heterocycles. The zero-order valence-electron chi connectivity index (χ0n) is 38.3. The van der Waals surface area contributed by atoms with Crippen molar-refractivity contribution in [2.75, 3.05) is 38.2 Å². The van der Waals surface area contributed by atoms with Crippen LogP contribution in [0.2, 0.25) is 0 Å². The quantitative estimate of drug-likeness (QED) is 0.239. The number of allylic oxidation sites excluding steroid dienone is 5. The van der Waals surface area contributed by atoms with Gasteiger partial charge in [-0.25, -0.2) is 4.98 Å². The average molecular weight is 899 g/mol. The normalized spacial score (nSPS) is 36.1. The van der Waals surface area contributed by atoms with E-state index < -0.39 is 94.3 Å². The summed E-state index contributed by atoms with van der Waals surface area (Å²) in [5, 5.41) is 61.2. The molecule has 6 N–H and O–H groups in total. The molecule has 11 atom stereocenters. The zero-order chi connectivity index (χ0) is 46.8. The number of piperidine rings is 1. The molecule has 0 saturated carbocycles. The number of carbonyl (C=O) groups excluding carboxylic acids is 2. The van der Waals surface area contributed by atoms with E-state index in [1.165, 1.54) is 64.7 Å². The number of hydrogen-bond donors (Lipinski definition) is 6. The minimum Gasteiger partial charge on any atom is -0.509 e. The number of nitrogens with zero attached hydrogens (tertiary/aromatic N) is 3. The van der Waals surface area contributed by atoms with Crippen LogP contribution in [0.1, 0.15) is 85.1 Å². The first-order valence-corrected chi connectivity index (χ1v) is 22.7. The number of benzene rings is 1. The number of Topliss-reactive ketones (excluding diaryl/α,β-unsaturated/α-hetero) is 1. The van der Waals surface area contributed by atoms with Crippen LogP contribution in [-0.2, 0) is 23.8 Å². The third-order valence-electron chi connectivity index (χ3n) is 14.7. The summed E-state index contributed by atoms with van der Waals surface area (Å²) in [4.78, 5) is 51.9. The number of aliphatic hydroxyl groups is 5. The lowest BCUT2D eigenvalue weighted by atomic mass is 9.69. The number of ether oxygens (including phenoxy) is 3. The zero-order valence-corrected chi connectivity index (χ0v) is 38.3. The van der Waals surface area contributed by atoms with Gasteiger partial charge < -0.3 is 54.4 Å². The van der Waals surface area contributed by atoms with Gasteiger partial charge >= 0.3 is 5.79 Å². The summed E-state index contributed by atoms with van der Waals surface area (Å²) < 4.78 is 24.6. The highest BCUT2D eigenvalue weighted by atomic mass is 16.7. The Morgan fingerprint density at radius 3 is 2.26 bits per heavy atom. The van der Waals surface area contributed by atoms with Crippen molar-refractivity contribution in [3.63, 3.8) is 0 Å². The van der Waals surface area contributed by atoms with Crippen LogP contribution in [0.4, 0.5) is 5.69 Å². The van der Waals surface area contributed by atoms with Crippen LogP contribution >= 0.6 is 0 Å². The highest BCUT2D eigenvalue weighted by molar-refractivity contribution is 6.05. The molecule has 0 spiro atoms. The Morgan fingerprint density at radius 2 is 1.57 bits per heavy atom. The summed E-state index contributed by atoms with van der Waals surface area (Å²) in [6, 6.07) is 3.59. The molecule has 0 aromatic heterocycles. The fourth-order valence-corrected chi connectivity index (χ4v) is 10.3. The number of amides is 1. The number of nitrogens with one attached hydrogen (secondary N) is 1. The van der Waals surface area contributed by atoms with Gasteiger partial charge in [-0.15, -0.1) is 0 Å². The van der Waals surface area contributed by atoms with Gasteiger partial charge in [-0.1, -0.05) is 52.3 Å². The predicted molar refractivity (Wildman–Crippen MR) is 240 cm³/mol. The minimum absolute atomic E-state index is 0.00402. The first-order chi connectivity index (χ1) is 30.9. The molecule has 2 unspecified atom stereocenters. The van der Waals surface area contributed by atoms with Crippen molar-refractivity contribution in [1.82, 2.24) is 15.2 Å². The molecule has 3 aliphatic carbocycles. The smallest absolute Gasteiger partial charge is 0.306 e. The summed E-state index contributed by atoms with van der Waals surface area (Å²) in [6.07, 6.45) is 7.18. The first kappa shape index (κ1) is 46.3. The van der Waals surface area contributed by atoms with Gasteiger partial charge in [0.1, 0.15) is 17.2 Å².